The van der Waals surface area contributed by atoms with Crippen LogP contribution in [0.4, 0.5) is 10.3 Å². The summed E-state index contributed by atoms with van der Waals surface area (Å²) in [6.07, 6.45) is 4.24. The minimum atomic E-state index is -0.187. The molecule has 10 heteroatoms. The van der Waals surface area contributed by atoms with Gasteiger partial charge >= 0.3 is 0 Å². The van der Waals surface area contributed by atoms with Crippen LogP contribution in [0.15, 0.2) is 0 Å². The van der Waals surface area contributed by atoms with Crippen molar-refractivity contribution in [1.29, 1.82) is 0 Å². The molecule has 3 aliphatic heterocycles. The Morgan fingerprint density at radius 1 is 1.07 bits per heavy atom. The number of nitrogens with one attached hydrogen (secondary N) is 1. The van der Waals surface area contributed by atoms with E-state index in [4.69, 9.17) is 0 Å². The zero-order valence-corrected chi connectivity index (χ0v) is 18.7. The smallest absolute Gasteiger partial charge is 0.242 e. The fourth-order valence-electron chi connectivity index (χ4n) is 4.51. The molecule has 1 aromatic heterocycles. The summed E-state index contributed by atoms with van der Waals surface area (Å²) < 4.78 is 0. The zero-order chi connectivity index (χ0) is 20.9. The van der Waals surface area contributed by atoms with E-state index >= 15 is 0 Å². The van der Waals surface area contributed by atoms with E-state index in [9.17, 15) is 9.59 Å². The topological polar surface area (TPSA) is 84.9 Å². The first-order valence-electron chi connectivity index (χ1n) is 11.3. The molecule has 3 saturated heterocycles. The second-order valence-electron chi connectivity index (χ2n) is 8.29. The first kappa shape index (κ1) is 21.5. The van der Waals surface area contributed by atoms with Crippen LogP contribution in [0.2, 0.25) is 0 Å². The summed E-state index contributed by atoms with van der Waals surface area (Å²) in [6, 6.07) is -0.187. The van der Waals surface area contributed by atoms with Gasteiger partial charge in [0.25, 0.3) is 0 Å². The quantitative estimate of drug-likeness (QED) is 0.604. The molecular formula is C20H33N7O2S. The number of hydrogen-bond donors (Lipinski definition) is 1. The highest BCUT2D eigenvalue weighted by atomic mass is 32.1. The van der Waals surface area contributed by atoms with Crippen LogP contribution in [0.25, 0.3) is 0 Å². The third kappa shape index (κ3) is 4.92. The average Bonchev–Trinajstić information content (AvgIpc) is 3.51. The predicted octanol–water partition coefficient (Wildman–Crippen LogP) is 0.778. The van der Waals surface area contributed by atoms with E-state index in [-0.39, 0.29) is 17.9 Å². The fraction of sp³-hybridized carbons (Fsp3) is 0.800. The number of piperazine rings is 1. The van der Waals surface area contributed by atoms with Gasteiger partial charge in [0.1, 0.15) is 6.04 Å². The number of amides is 2. The molecule has 0 aromatic carbocycles. The molecule has 0 saturated carbocycles. The number of nitrogens with zero attached hydrogens (tertiary/aromatic N) is 6. The third-order valence-corrected chi connectivity index (χ3v) is 7.35. The van der Waals surface area contributed by atoms with Crippen molar-refractivity contribution in [3.63, 3.8) is 0 Å². The van der Waals surface area contributed by atoms with Crippen LogP contribution in [0.1, 0.15) is 39.0 Å². The predicted molar refractivity (Wildman–Crippen MR) is 118 cm³/mol. The van der Waals surface area contributed by atoms with Crippen molar-refractivity contribution < 1.29 is 9.59 Å². The molecule has 3 aliphatic rings. The highest BCUT2D eigenvalue weighted by Crippen LogP contribution is 2.33. The van der Waals surface area contributed by atoms with Gasteiger partial charge in [0.05, 0.1) is 0 Å². The molecule has 1 aromatic rings. The fourth-order valence-corrected chi connectivity index (χ4v) is 5.48. The number of carbonyl (C=O) groups excluding carboxylic acids is 2. The second-order valence-corrected chi connectivity index (χ2v) is 9.22. The van der Waals surface area contributed by atoms with Crippen molar-refractivity contribution in [1.82, 2.24) is 25.3 Å². The lowest BCUT2D eigenvalue weighted by atomic mass is 10.2. The van der Waals surface area contributed by atoms with Crippen molar-refractivity contribution >= 4 is 33.4 Å². The van der Waals surface area contributed by atoms with Crippen LogP contribution in [-0.4, -0.2) is 96.8 Å². The zero-order valence-electron chi connectivity index (χ0n) is 17.9. The van der Waals surface area contributed by atoms with E-state index in [1.54, 1.807) is 4.90 Å². The highest BCUT2D eigenvalue weighted by molar-refractivity contribution is 7.19. The van der Waals surface area contributed by atoms with E-state index in [1.807, 2.05) is 0 Å². The Morgan fingerprint density at radius 2 is 1.83 bits per heavy atom. The maximum absolute atomic E-state index is 12.8. The Labute approximate surface area is 182 Å². The number of anilines is 2. The van der Waals surface area contributed by atoms with E-state index in [0.29, 0.717) is 24.6 Å². The van der Waals surface area contributed by atoms with Gasteiger partial charge in [0.15, 0.2) is 0 Å². The summed E-state index contributed by atoms with van der Waals surface area (Å²) in [5.41, 5.74) is 0. The molecule has 1 unspecified atom stereocenters. The molecule has 1 atom stereocenters. The third-order valence-electron chi connectivity index (χ3n) is 6.37. The van der Waals surface area contributed by atoms with Gasteiger partial charge in [0.2, 0.25) is 22.1 Å². The van der Waals surface area contributed by atoms with Gasteiger partial charge < -0.3 is 20.0 Å². The summed E-state index contributed by atoms with van der Waals surface area (Å²) in [7, 11) is 0. The Morgan fingerprint density at radius 3 is 2.57 bits per heavy atom. The Bertz CT molecular complexity index is 734. The molecule has 3 fully saturated rings. The van der Waals surface area contributed by atoms with Crippen LogP contribution in [-0.2, 0) is 9.59 Å². The van der Waals surface area contributed by atoms with Crippen LogP contribution < -0.4 is 15.1 Å². The minimum Gasteiger partial charge on any atom is -0.354 e. The molecule has 0 bridgehead atoms. The first-order chi connectivity index (χ1) is 14.7. The SMILES string of the molecule is CCN1CCN(CCCNC(=O)C2CCCN2c2nnc(N3CCCC3=O)s2)CC1. The number of hydrogen-bond acceptors (Lipinski definition) is 8. The van der Waals surface area contributed by atoms with Crippen LogP contribution in [0.3, 0.4) is 0 Å². The number of likely N-dealkylation sites (N-methyl/N-ethyl adjacent to an activating group) is 1. The maximum Gasteiger partial charge on any atom is 0.242 e. The number of carbonyl (C=O) groups is 2. The molecule has 0 spiro atoms. The lowest BCUT2D eigenvalue weighted by molar-refractivity contribution is -0.122. The normalized spacial score (nSPS) is 23.5. The average molecular weight is 436 g/mol. The summed E-state index contributed by atoms with van der Waals surface area (Å²) in [4.78, 5) is 33.5. The summed E-state index contributed by atoms with van der Waals surface area (Å²) in [6.45, 7) is 11.1. The van der Waals surface area contributed by atoms with Crippen LogP contribution >= 0.6 is 11.3 Å². The van der Waals surface area contributed by atoms with Crippen molar-refractivity contribution in [2.24, 2.45) is 0 Å². The monoisotopic (exact) mass is 435 g/mol. The molecule has 1 N–H and O–H groups in total. The molecular weight excluding hydrogens is 402 g/mol. The van der Waals surface area contributed by atoms with E-state index in [0.717, 1.165) is 76.6 Å². The lowest BCUT2D eigenvalue weighted by Gasteiger charge is -2.34. The van der Waals surface area contributed by atoms with Crippen molar-refractivity contribution in [2.45, 2.75) is 45.1 Å². The van der Waals surface area contributed by atoms with Crippen molar-refractivity contribution in [3.8, 4) is 0 Å². The van der Waals surface area contributed by atoms with Gasteiger partial charge in [-0.2, -0.15) is 0 Å². The van der Waals surface area contributed by atoms with Gasteiger partial charge in [-0.3, -0.25) is 14.5 Å². The van der Waals surface area contributed by atoms with E-state index < -0.39 is 0 Å². The molecule has 30 heavy (non-hydrogen) atoms. The van der Waals surface area contributed by atoms with E-state index in [2.05, 4.69) is 37.1 Å². The maximum atomic E-state index is 12.8. The number of aromatic nitrogens is 2. The molecule has 0 aliphatic carbocycles. The van der Waals surface area contributed by atoms with Gasteiger partial charge in [-0.1, -0.05) is 18.3 Å². The summed E-state index contributed by atoms with van der Waals surface area (Å²) in [5.74, 6) is 0.196. The molecule has 4 rings (SSSR count). The van der Waals surface area contributed by atoms with Crippen LogP contribution in [0, 0.1) is 0 Å². The van der Waals surface area contributed by atoms with Gasteiger partial charge in [0, 0.05) is 52.2 Å². The Kier molecular flexibility index (Phi) is 7.16. The van der Waals surface area contributed by atoms with Gasteiger partial charge in [-0.25, -0.2) is 0 Å². The summed E-state index contributed by atoms with van der Waals surface area (Å²) in [5, 5.41) is 13.0. The lowest BCUT2D eigenvalue weighted by Crippen LogP contribution is -2.47. The largest absolute Gasteiger partial charge is 0.354 e. The van der Waals surface area contributed by atoms with Crippen molar-refractivity contribution in [2.75, 3.05) is 68.7 Å². The minimum absolute atomic E-state index is 0.0808. The van der Waals surface area contributed by atoms with Crippen molar-refractivity contribution in [3.05, 3.63) is 0 Å². The van der Waals surface area contributed by atoms with Gasteiger partial charge in [-0.05, 0) is 38.8 Å². The molecule has 2 amide bonds. The number of rotatable bonds is 8. The molecule has 9 nitrogen and oxygen atoms in total. The molecule has 0 radical (unpaired) electrons. The van der Waals surface area contributed by atoms with Crippen LogP contribution in [0.5, 0.6) is 0 Å². The summed E-state index contributed by atoms with van der Waals surface area (Å²) >= 11 is 1.42. The highest BCUT2D eigenvalue weighted by Gasteiger charge is 2.34. The second kappa shape index (κ2) is 10.0. The van der Waals surface area contributed by atoms with E-state index in [1.165, 1.54) is 11.3 Å². The standard InChI is InChI=1S/C20H33N7O2S/c1-2-24-12-14-25(15-13-24)9-5-8-21-18(29)16-6-3-10-26(16)19-22-23-20(30-19)27-11-4-7-17(27)28/h16H,2-15H2,1H3,(H,21,29). The molecule has 4 heterocycles. The first-order valence-corrected chi connectivity index (χ1v) is 12.1. The Balaban J connectivity index is 1.23. The molecule has 166 valence electrons. The Hall–Kier alpha value is -1.78. The van der Waals surface area contributed by atoms with Gasteiger partial charge in [-0.15, -0.1) is 10.2 Å².